The molecule has 9 nitrogen and oxygen atoms in total. The van der Waals surface area contributed by atoms with Crippen molar-refractivity contribution in [1.29, 1.82) is 0 Å². The summed E-state index contributed by atoms with van der Waals surface area (Å²) in [5.41, 5.74) is 0.158. The van der Waals surface area contributed by atoms with Gasteiger partial charge in [0.1, 0.15) is 10.6 Å². The number of nitrogens with one attached hydrogen (secondary N) is 1. The Bertz CT molecular complexity index is 1150. The average Bonchev–Trinajstić information content (AvgIpc) is 3.08. The Hall–Kier alpha value is -2.91. The number of hydrogen-bond acceptors (Lipinski definition) is 6. The van der Waals surface area contributed by atoms with E-state index >= 15 is 0 Å². The summed E-state index contributed by atoms with van der Waals surface area (Å²) >= 11 is 6.46. The van der Waals surface area contributed by atoms with Gasteiger partial charge in [-0.3, -0.25) is 14.5 Å². The van der Waals surface area contributed by atoms with Crippen molar-refractivity contribution in [2.45, 2.75) is 38.1 Å². The number of hydrogen-bond donors (Lipinski definition) is 1. The van der Waals surface area contributed by atoms with Crippen molar-refractivity contribution in [2.75, 3.05) is 37.7 Å². The number of para-hydroxylation sites is 1. The third-order valence-corrected chi connectivity index (χ3v) is 7.81. The molecule has 2 aliphatic heterocycles. The summed E-state index contributed by atoms with van der Waals surface area (Å²) in [5.74, 6) is 0.0519. The minimum absolute atomic E-state index is 0.0936. The second kappa shape index (κ2) is 9.03. The third-order valence-electron chi connectivity index (χ3n) is 7.46. The van der Waals surface area contributed by atoms with Crippen molar-refractivity contribution in [2.24, 2.45) is 5.92 Å². The molecule has 1 N–H and O–H groups in total. The molecular formula is C24H29ClN6O3. The fourth-order valence-electron chi connectivity index (χ4n) is 5.35. The molecule has 5 rings (SSSR count). The van der Waals surface area contributed by atoms with Crippen LogP contribution in [-0.4, -0.2) is 69.9 Å². The number of aromatic nitrogens is 2. The van der Waals surface area contributed by atoms with Gasteiger partial charge in [-0.1, -0.05) is 49.6 Å². The van der Waals surface area contributed by atoms with Crippen molar-refractivity contribution < 1.29 is 9.59 Å². The Morgan fingerprint density at radius 3 is 2.53 bits per heavy atom. The molecule has 3 heterocycles. The zero-order valence-electron chi connectivity index (χ0n) is 19.2. The van der Waals surface area contributed by atoms with Crippen LogP contribution in [0.1, 0.15) is 32.6 Å². The van der Waals surface area contributed by atoms with Gasteiger partial charge < -0.3 is 10.2 Å². The van der Waals surface area contributed by atoms with E-state index in [1.165, 1.54) is 9.58 Å². The van der Waals surface area contributed by atoms with Crippen molar-refractivity contribution in [3.05, 3.63) is 51.9 Å². The van der Waals surface area contributed by atoms with Gasteiger partial charge in [-0.25, -0.2) is 9.69 Å². The van der Waals surface area contributed by atoms with E-state index < -0.39 is 5.54 Å². The highest BCUT2D eigenvalue weighted by molar-refractivity contribution is 6.33. The predicted molar refractivity (Wildman–Crippen MR) is 129 cm³/mol. The predicted octanol–water partition coefficient (Wildman–Crippen LogP) is 2.47. The lowest BCUT2D eigenvalue weighted by Gasteiger charge is -2.38. The van der Waals surface area contributed by atoms with E-state index in [-0.39, 0.29) is 35.1 Å². The Balaban J connectivity index is 1.24. The maximum atomic E-state index is 13.2. The Morgan fingerprint density at radius 1 is 1.09 bits per heavy atom. The molecule has 34 heavy (non-hydrogen) atoms. The summed E-state index contributed by atoms with van der Waals surface area (Å²) in [6.07, 6.45) is 5.35. The minimum atomic E-state index is -0.737. The molecule has 0 radical (unpaired) electrons. The fourth-order valence-corrected chi connectivity index (χ4v) is 5.60. The molecule has 10 heteroatoms. The number of urea groups is 1. The lowest BCUT2D eigenvalue weighted by Crippen LogP contribution is -2.55. The van der Waals surface area contributed by atoms with E-state index in [4.69, 9.17) is 11.6 Å². The number of amides is 3. The van der Waals surface area contributed by atoms with E-state index in [2.05, 4.69) is 22.2 Å². The van der Waals surface area contributed by atoms with Gasteiger partial charge in [0.2, 0.25) is 0 Å². The quantitative estimate of drug-likeness (QED) is 0.670. The Morgan fingerprint density at radius 2 is 1.82 bits per heavy atom. The van der Waals surface area contributed by atoms with Crippen molar-refractivity contribution in [1.82, 2.24) is 24.9 Å². The van der Waals surface area contributed by atoms with Crippen molar-refractivity contribution >= 4 is 29.2 Å². The minimum Gasteiger partial charge on any atom is -0.366 e. The van der Waals surface area contributed by atoms with Gasteiger partial charge in [0, 0.05) is 26.2 Å². The van der Waals surface area contributed by atoms with E-state index in [1.807, 2.05) is 23.1 Å². The third kappa shape index (κ3) is 3.86. The number of anilines is 1. The number of nitrogens with zero attached hydrogens (tertiary/aromatic N) is 5. The molecule has 0 bridgehead atoms. The summed E-state index contributed by atoms with van der Waals surface area (Å²) in [5, 5.41) is 7.47. The van der Waals surface area contributed by atoms with Crippen LogP contribution in [-0.2, 0) is 4.79 Å². The van der Waals surface area contributed by atoms with Crippen LogP contribution in [0.4, 0.5) is 10.5 Å². The molecule has 2 aromatic rings. The summed E-state index contributed by atoms with van der Waals surface area (Å²) in [6, 6.07) is 8.87. The molecule has 180 valence electrons. The monoisotopic (exact) mass is 484 g/mol. The number of carbonyl (C=O) groups is 2. The molecule has 3 fully saturated rings. The van der Waals surface area contributed by atoms with Gasteiger partial charge in [-0.2, -0.15) is 9.78 Å². The number of rotatable bonds is 4. The zero-order valence-corrected chi connectivity index (χ0v) is 20.0. The smallest absolute Gasteiger partial charge is 0.326 e. The first-order valence-electron chi connectivity index (χ1n) is 11.9. The SMILES string of the molecule is C[C@@H]1CCCC[C@]12NC(=O)N(CN1CCN(c3cnn(-c4ccccc4)c(=O)c3Cl)CC1)C2=O. The first-order chi connectivity index (χ1) is 16.4. The second-order valence-corrected chi connectivity index (χ2v) is 9.80. The van der Waals surface area contributed by atoms with Gasteiger partial charge in [-0.05, 0) is 30.9 Å². The molecule has 0 unspecified atom stereocenters. The summed E-state index contributed by atoms with van der Waals surface area (Å²) in [4.78, 5) is 44.2. The topological polar surface area (TPSA) is 90.8 Å². The van der Waals surface area contributed by atoms with Crippen LogP contribution in [0.2, 0.25) is 5.02 Å². The molecule has 2 saturated heterocycles. The maximum Gasteiger partial charge on any atom is 0.326 e. The molecule has 1 spiro atoms. The van der Waals surface area contributed by atoms with Crippen LogP contribution in [0.3, 0.4) is 0 Å². The highest BCUT2D eigenvalue weighted by Gasteiger charge is 2.55. The van der Waals surface area contributed by atoms with E-state index in [1.54, 1.807) is 18.3 Å². The van der Waals surface area contributed by atoms with Gasteiger partial charge in [-0.15, -0.1) is 0 Å². The number of carbonyl (C=O) groups excluding carboxylic acids is 2. The zero-order chi connectivity index (χ0) is 23.9. The number of imide groups is 1. The van der Waals surface area contributed by atoms with E-state index in [0.717, 1.165) is 19.3 Å². The van der Waals surface area contributed by atoms with E-state index in [9.17, 15) is 14.4 Å². The number of benzene rings is 1. The summed E-state index contributed by atoms with van der Waals surface area (Å²) < 4.78 is 1.29. The standard InChI is InChI=1S/C24H29ClN6O3/c1-17-7-5-6-10-24(17)22(33)30(23(34)27-24)16-28-11-13-29(14-12-28)19-15-26-31(21(32)20(19)25)18-8-3-2-4-9-18/h2-4,8-9,15,17H,5-7,10-14,16H2,1H3,(H,27,34)/t17-,24+/m1/s1. The highest BCUT2D eigenvalue weighted by atomic mass is 35.5. The molecule has 3 amide bonds. The van der Waals surface area contributed by atoms with Crippen LogP contribution in [0.5, 0.6) is 0 Å². The summed E-state index contributed by atoms with van der Waals surface area (Å²) in [6.45, 7) is 4.83. The lowest BCUT2D eigenvalue weighted by molar-refractivity contribution is -0.135. The summed E-state index contributed by atoms with van der Waals surface area (Å²) in [7, 11) is 0. The molecule has 1 aromatic carbocycles. The Labute approximate surface area is 203 Å². The van der Waals surface area contributed by atoms with Crippen molar-refractivity contribution in [3.8, 4) is 5.69 Å². The van der Waals surface area contributed by atoms with Gasteiger partial charge in [0.15, 0.2) is 0 Å². The van der Waals surface area contributed by atoms with Crippen LogP contribution < -0.4 is 15.8 Å². The second-order valence-electron chi connectivity index (χ2n) is 9.42. The molecule has 2 atom stereocenters. The molecule has 3 aliphatic rings. The number of piperazine rings is 1. The Kier molecular flexibility index (Phi) is 6.07. The van der Waals surface area contributed by atoms with Crippen LogP contribution in [0.15, 0.2) is 41.3 Å². The van der Waals surface area contributed by atoms with E-state index in [0.29, 0.717) is 44.0 Å². The van der Waals surface area contributed by atoms with Gasteiger partial charge in [0.05, 0.1) is 24.2 Å². The molecule has 1 saturated carbocycles. The fraction of sp³-hybridized carbons (Fsp3) is 0.500. The average molecular weight is 485 g/mol. The van der Waals surface area contributed by atoms with Crippen LogP contribution in [0.25, 0.3) is 5.69 Å². The van der Waals surface area contributed by atoms with Crippen LogP contribution >= 0.6 is 11.6 Å². The van der Waals surface area contributed by atoms with Gasteiger partial charge >= 0.3 is 6.03 Å². The van der Waals surface area contributed by atoms with Crippen LogP contribution in [0, 0.1) is 5.92 Å². The number of halogens is 1. The molecule has 1 aliphatic carbocycles. The highest BCUT2D eigenvalue weighted by Crippen LogP contribution is 2.38. The first kappa shape index (κ1) is 22.9. The van der Waals surface area contributed by atoms with Crippen molar-refractivity contribution in [3.63, 3.8) is 0 Å². The largest absolute Gasteiger partial charge is 0.366 e. The lowest BCUT2D eigenvalue weighted by atomic mass is 9.73. The molecule has 1 aromatic heterocycles. The molecular weight excluding hydrogens is 456 g/mol. The normalized spacial score (nSPS) is 25.8. The van der Waals surface area contributed by atoms with Gasteiger partial charge in [0.25, 0.3) is 11.5 Å². The first-order valence-corrected chi connectivity index (χ1v) is 12.2. The maximum absolute atomic E-state index is 13.2.